The summed E-state index contributed by atoms with van der Waals surface area (Å²) in [7, 11) is 0. The van der Waals surface area contributed by atoms with Crippen LogP contribution >= 0.6 is 0 Å². The van der Waals surface area contributed by atoms with Crippen molar-refractivity contribution in [2.24, 2.45) is 0 Å². The van der Waals surface area contributed by atoms with E-state index in [1.807, 2.05) is 31.2 Å². The number of aliphatic hydroxyl groups excluding tert-OH is 1. The molecule has 1 unspecified atom stereocenters. The van der Waals surface area contributed by atoms with Crippen molar-refractivity contribution >= 4 is 28.5 Å². The zero-order valence-electron chi connectivity index (χ0n) is 18.4. The summed E-state index contributed by atoms with van der Waals surface area (Å²) in [4.78, 5) is 41.7. The fourth-order valence-electron chi connectivity index (χ4n) is 4.55. The number of carbonyl (C=O) groups is 2. The van der Waals surface area contributed by atoms with E-state index in [1.54, 1.807) is 19.1 Å². The first-order valence-corrected chi connectivity index (χ1v) is 10.9. The van der Waals surface area contributed by atoms with E-state index in [0.717, 1.165) is 15.9 Å². The van der Waals surface area contributed by atoms with Crippen LogP contribution in [0.25, 0.3) is 22.2 Å². The van der Waals surface area contributed by atoms with E-state index in [2.05, 4.69) is 10.7 Å². The highest BCUT2D eigenvalue weighted by molar-refractivity contribution is 6.11. The molecule has 3 aliphatic heterocycles. The minimum Gasteiger partial charge on any atom is -0.394 e. The molecule has 5 heterocycles. The Balaban J connectivity index is 1.94. The van der Waals surface area contributed by atoms with Gasteiger partial charge in [0.2, 0.25) is 5.91 Å². The number of fused-ring (bicyclic) bond motifs is 5. The Hall–Kier alpha value is -3.63. The fraction of sp³-hybridized carbons (Fsp3) is 0.348. The fourth-order valence-corrected chi connectivity index (χ4v) is 4.55. The lowest BCUT2D eigenvalue weighted by Crippen LogP contribution is -2.47. The first kappa shape index (κ1) is 21.2. The molecule has 3 N–H and O–H groups in total. The molecular weight excluding hydrogens is 426 g/mol. The smallest absolute Gasteiger partial charge is 0.363 e. The second-order valence-corrected chi connectivity index (χ2v) is 8.23. The lowest BCUT2D eigenvalue weighted by molar-refractivity contribution is -0.116. The number of anilines is 1. The van der Waals surface area contributed by atoms with Crippen LogP contribution in [0.4, 0.5) is 5.69 Å². The Morgan fingerprint density at radius 2 is 1.79 bits per heavy atom. The van der Waals surface area contributed by atoms with Gasteiger partial charge in [0, 0.05) is 5.56 Å². The summed E-state index contributed by atoms with van der Waals surface area (Å²) in [5, 5.41) is 12.0. The molecule has 7 rings (SSSR count). The van der Waals surface area contributed by atoms with Gasteiger partial charge in [0.1, 0.15) is 6.04 Å². The predicted molar refractivity (Wildman–Crippen MR) is 123 cm³/mol. The van der Waals surface area contributed by atoms with E-state index in [-0.39, 0.29) is 38.2 Å². The van der Waals surface area contributed by atoms with E-state index >= 15 is 0 Å². The maximum absolute atomic E-state index is 13.8. The number of rotatable bonds is 5. The van der Waals surface area contributed by atoms with Gasteiger partial charge < -0.3 is 15.2 Å². The van der Waals surface area contributed by atoms with Crippen LogP contribution in [0.2, 0.25) is 0 Å². The maximum atomic E-state index is 13.8. The van der Waals surface area contributed by atoms with E-state index < -0.39 is 17.6 Å². The standard InChI is InChI=1S/C23H25N5O5/c1-13-15-5-3-4-6-16(15)19-17-7-8-18-20(19)24-21(30)14(2)25-28(27(17)22(13)31)23(32)26(18)9-11-33-12-10-29/h3-8,13-14,25,29H,9-12H2,1-2H3,(H,24,30)/t13?,14-/m0/s1. The SMILES string of the molecule is CC1C(=O)n2c3ccc4c(c3-c3ccccc31)NC(=O)[C@H](C)Nn2c(=O)n4CCOCCO. The highest BCUT2D eigenvalue weighted by atomic mass is 16.5. The average molecular weight is 451 g/mol. The summed E-state index contributed by atoms with van der Waals surface area (Å²) in [6, 6.07) is 10.3. The molecule has 0 fully saturated rings. The van der Waals surface area contributed by atoms with E-state index in [1.165, 1.54) is 9.25 Å². The summed E-state index contributed by atoms with van der Waals surface area (Å²) >= 11 is 0. The molecule has 33 heavy (non-hydrogen) atoms. The summed E-state index contributed by atoms with van der Waals surface area (Å²) in [6.07, 6.45) is 0. The van der Waals surface area contributed by atoms with Crippen LogP contribution in [0.1, 0.15) is 30.1 Å². The molecule has 0 spiro atoms. The number of carbonyl (C=O) groups excluding carboxylic acids is 2. The maximum Gasteiger partial charge on any atom is 0.363 e. The normalized spacial score (nSPS) is 18.9. The van der Waals surface area contributed by atoms with Crippen LogP contribution in [-0.4, -0.2) is 56.8 Å². The number of amides is 1. The van der Waals surface area contributed by atoms with Gasteiger partial charge >= 0.3 is 5.69 Å². The lowest BCUT2D eigenvalue weighted by Gasteiger charge is -2.21. The van der Waals surface area contributed by atoms with Gasteiger partial charge in [0.25, 0.3) is 5.91 Å². The van der Waals surface area contributed by atoms with Crippen LogP contribution in [0.3, 0.4) is 0 Å². The predicted octanol–water partition coefficient (Wildman–Crippen LogP) is 1.48. The Labute approximate surface area is 189 Å². The third kappa shape index (κ3) is 3.21. The second-order valence-electron chi connectivity index (χ2n) is 8.23. The van der Waals surface area contributed by atoms with E-state index in [4.69, 9.17) is 9.84 Å². The number of benzene rings is 2. The molecular formula is C23H25N5O5. The van der Waals surface area contributed by atoms with Crippen LogP contribution in [0.15, 0.2) is 41.2 Å². The molecule has 1 amide bonds. The molecule has 4 aromatic rings. The molecule has 10 nitrogen and oxygen atoms in total. The minimum atomic E-state index is -0.783. The van der Waals surface area contributed by atoms with Crippen LogP contribution in [-0.2, 0) is 16.1 Å². The van der Waals surface area contributed by atoms with E-state index in [9.17, 15) is 14.4 Å². The topological polar surface area (TPSA) is 120 Å². The number of aliphatic hydroxyl groups is 1. The van der Waals surface area contributed by atoms with Gasteiger partial charge in [-0.1, -0.05) is 24.3 Å². The second kappa shape index (κ2) is 8.05. The van der Waals surface area contributed by atoms with Gasteiger partial charge in [-0.2, -0.15) is 4.68 Å². The molecule has 0 radical (unpaired) electrons. The Kier molecular flexibility index (Phi) is 5.18. The van der Waals surface area contributed by atoms with Crippen molar-refractivity contribution in [3.8, 4) is 11.1 Å². The quantitative estimate of drug-likeness (QED) is 0.506. The number of ether oxygens (including phenoxy) is 1. The van der Waals surface area contributed by atoms with Gasteiger partial charge in [0.05, 0.1) is 49.0 Å². The van der Waals surface area contributed by atoms with Crippen LogP contribution in [0, 0.1) is 0 Å². The highest BCUT2D eigenvalue weighted by Crippen LogP contribution is 2.42. The van der Waals surface area contributed by atoms with E-state index in [0.29, 0.717) is 22.3 Å². The number of hydrogen-bond donors (Lipinski definition) is 3. The molecule has 2 aromatic heterocycles. The molecule has 2 aromatic carbocycles. The first-order valence-electron chi connectivity index (χ1n) is 10.9. The van der Waals surface area contributed by atoms with Gasteiger partial charge in [-0.05, 0) is 37.1 Å². The van der Waals surface area contributed by atoms with Crippen molar-refractivity contribution < 1.29 is 19.4 Å². The third-order valence-electron chi connectivity index (χ3n) is 6.22. The summed E-state index contributed by atoms with van der Waals surface area (Å²) in [5.41, 5.74) is 6.25. The minimum absolute atomic E-state index is 0.129. The highest BCUT2D eigenvalue weighted by Gasteiger charge is 2.33. The summed E-state index contributed by atoms with van der Waals surface area (Å²) in [5.74, 6) is -1.14. The number of nitrogens with one attached hydrogen (secondary N) is 2. The van der Waals surface area contributed by atoms with Crippen molar-refractivity contribution in [1.82, 2.24) is 14.0 Å². The third-order valence-corrected chi connectivity index (χ3v) is 6.22. The number of aromatic nitrogens is 3. The molecule has 0 aliphatic carbocycles. The molecule has 0 saturated carbocycles. The van der Waals surface area contributed by atoms with Gasteiger partial charge in [-0.3, -0.25) is 19.6 Å². The van der Waals surface area contributed by atoms with Crippen LogP contribution < -0.4 is 16.4 Å². The zero-order chi connectivity index (χ0) is 23.3. The molecule has 10 heteroatoms. The van der Waals surface area contributed by atoms with Gasteiger partial charge in [0.15, 0.2) is 0 Å². The lowest BCUT2D eigenvalue weighted by atomic mass is 9.91. The van der Waals surface area contributed by atoms with Crippen molar-refractivity contribution in [1.29, 1.82) is 0 Å². The van der Waals surface area contributed by atoms with Gasteiger partial charge in [-0.15, -0.1) is 4.79 Å². The Bertz CT molecular complexity index is 1370. The molecule has 6 bridgehead atoms. The van der Waals surface area contributed by atoms with Crippen molar-refractivity contribution in [2.45, 2.75) is 32.4 Å². The first-order chi connectivity index (χ1) is 15.9. The zero-order valence-corrected chi connectivity index (χ0v) is 18.4. The number of hydrogen-bond acceptors (Lipinski definition) is 6. The average Bonchev–Trinajstić information content (AvgIpc) is 2.86. The van der Waals surface area contributed by atoms with Crippen molar-refractivity contribution in [3.63, 3.8) is 0 Å². The Morgan fingerprint density at radius 3 is 2.58 bits per heavy atom. The monoisotopic (exact) mass is 451 g/mol. The van der Waals surface area contributed by atoms with Gasteiger partial charge in [-0.25, -0.2) is 4.79 Å². The molecule has 172 valence electrons. The summed E-state index contributed by atoms with van der Waals surface area (Å²) in [6.45, 7) is 3.79. The Morgan fingerprint density at radius 1 is 1.03 bits per heavy atom. The number of nitrogens with zero attached hydrogens (tertiary/aromatic N) is 3. The molecule has 3 aliphatic rings. The van der Waals surface area contributed by atoms with Crippen molar-refractivity contribution in [3.05, 3.63) is 52.4 Å². The van der Waals surface area contributed by atoms with Crippen LogP contribution in [0.5, 0.6) is 0 Å². The molecule has 2 atom stereocenters. The molecule has 0 saturated heterocycles. The summed E-state index contributed by atoms with van der Waals surface area (Å²) < 4.78 is 8.23. The largest absolute Gasteiger partial charge is 0.394 e. The van der Waals surface area contributed by atoms with Crippen molar-refractivity contribution in [2.75, 3.05) is 30.6 Å².